The van der Waals surface area contributed by atoms with Crippen molar-refractivity contribution in [3.8, 4) is 0 Å². The molecule has 0 aliphatic rings. The third-order valence-electron chi connectivity index (χ3n) is 3.35. The molecule has 0 atom stereocenters. The second kappa shape index (κ2) is 7.04. The summed E-state index contributed by atoms with van der Waals surface area (Å²) in [4.78, 5) is 14.0. The van der Waals surface area contributed by atoms with Gasteiger partial charge in [0.1, 0.15) is 0 Å². The lowest BCUT2D eigenvalue weighted by Crippen LogP contribution is -2.28. The van der Waals surface area contributed by atoms with Crippen molar-refractivity contribution in [1.82, 2.24) is 5.32 Å². The summed E-state index contributed by atoms with van der Waals surface area (Å²) in [5.74, 6) is 0.599. The Balaban J connectivity index is 2.56. The summed E-state index contributed by atoms with van der Waals surface area (Å²) in [6, 6.07) is 7.67. The molecule has 100 valence electrons. The first-order valence-corrected chi connectivity index (χ1v) is 6.64. The number of nitrogens with one attached hydrogen (secondary N) is 1. The lowest BCUT2D eigenvalue weighted by Gasteiger charge is -2.14. The van der Waals surface area contributed by atoms with Crippen molar-refractivity contribution in [3.05, 3.63) is 29.8 Å². The number of anilines is 1. The van der Waals surface area contributed by atoms with Gasteiger partial charge in [-0.15, -0.1) is 0 Å². The molecule has 0 fully saturated rings. The molecule has 0 radical (unpaired) electrons. The van der Waals surface area contributed by atoms with Gasteiger partial charge in [-0.1, -0.05) is 26.7 Å². The summed E-state index contributed by atoms with van der Waals surface area (Å²) >= 11 is 0. The average molecular weight is 248 g/mol. The number of carbonyl (C=O) groups excluding carboxylic acids is 1. The van der Waals surface area contributed by atoms with Gasteiger partial charge in [0.25, 0.3) is 5.91 Å². The number of nitrogens with zero attached hydrogens (tertiary/aromatic N) is 1. The van der Waals surface area contributed by atoms with Gasteiger partial charge in [0.15, 0.2) is 0 Å². The first kappa shape index (κ1) is 14.6. The highest BCUT2D eigenvalue weighted by atomic mass is 16.1. The maximum absolute atomic E-state index is 11.9. The van der Waals surface area contributed by atoms with Gasteiger partial charge in [0, 0.05) is 31.9 Å². The summed E-state index contributed by atoms with van der Waals surface area (Å²) < 4.78 is 0. The van der Waals surface area contributed by atoms with Crippen LogP contribution in [0.1, 0.15) is 37.0 Å². The van der Waals surface area contributed by atoms with E-state index in [1.54, 1.807) is 0 Å². The topological polar surface area (TPSA) is 32.3 Å². The molecule has 0 bridgehead atoms. The van der Waals surface area contributed by atoms with Crippen LogP contribution in [0, 0.1) is 5.92 Å². The van der Waals surface area contributed by atoms with Crippen molar-refractivity contribution in [1.29, 1.82) is 0 Å². The maximum Gasteiger partial charge on any atom is 0.251 e. The molecule has 0 saturated carbocycles. The molecular weight excluding hydrogens is 224 g/mol. The minimum Gasteiger partial charge on any atom is -0.378 e. The number of hydrogen-bond donors (Lipinski definition) is 1. The Morgan fingerprint density at radius 1 is 1.17 bits per heavy atom. The third-order valence-corrected chi connectivity index (χ3v) is 3.35. The van der Waals surface area contributed by atoms with Gasteiger partial charge in [-0.2, -0.15) is 0 Å². The summed E-state index contributed by atoms with van der Waals surface area (Å²) in [7, 11) is 3.98. The summed E-state index contributed by atoms with van der Waals surface area (Å²) in [6.07, 6.45) is 2.21. The number of amides is 1. The van der Waals surface area contributed by atoms with E-state index in [0.29, 0.717) is 5.92 Å². The van der Waals surface area contributed by atoms with Gasteiger partial charge in [-0.05, 0) is 30.2 Å². The van der Waals surface area contributed by atoms with Crippen molar-refractivity contribution in [2.24, 2.45) is 5.92 Å². The Bertz CT molecular complexity index is 367. The van der Waals surface area contributed by atoms with Crippen LogP contribution in [-0.2, 0) is 0 Å². The third kappa shape index (κ3) is 4.06. The lowest BCUT2D eigenvalue weighted by molar-refractivity contribution is 0.0946. The second-order valence-corrected chi connectivity index (χ2v) is 4.83. The maximum atomic E-state index is 11.9. The van der Waals surface area contributed by atoms with Crippen LogP contribution < -0.4 is 10.2 Å². The predicted molar refractivity (Wildman–Crippen MR) is 77.2 cm³/mol. The molecule has 18 heavy (non-hydrogen) atoms. The molecule has 3 nitrogen and oxygen atoms in total. The molecule has 1 rings (SSSR count). The quantitative estimate of drug-likeness (QED) is 0.839. The monoisotopic (exact) mass is 248 g/mol. The van der Waals surface area contributed by atoms with Crippen LogP contribution in [0.25, 0.3) is 0 Å². The van der Waals surface area contributed by atoms with Crippen LogP contribution in [0.5, 0.6) is 0 Å². The fourth-order valence-electron chi connectivity index (χ4n) is 1.83. The molecule has 0 heterocycles. The summed E-state index contributed by atoms with van der Waals surface area (Å²) in [5, 5.41) is 3.00. The zero-order valence-corrected chi connectivity index (χ0v) is 11.9. The minimum atomic E-state index is 0.0206. The van der Waals surface area contributed by atoms with E-state index in [2.05, 4.69) is 19.2 Å². The van der Waals surface area contributed by atoms with Crippen LogP contribution in [-0.4, -0.2) is 26.5 Å². The highest BCUT2D eigenvalue weighted by Gasteiger charge is 2.08. The molecule has 0 unspecified atom stereocenters. The van der Waals surface area contributed by atoms with Gasteiger partial charge in [-0.25, -0.2) is 0 Å². The lowest BCUT2D eigenvalue weighted by atomic mass is 10.0. The highest BCUT2D eigenvalue weighted by Crippen LogP contribution is 2.12. The summed E-state index contributed by atoms with van der Waals surface area (Å²) in [5.41, 5.74) is 1.83. The van der Waals surface area contributed by atoms with Crippen molar-refractivity contribution in [2.45, 2.75) is 26.7 Å². The number of carbonyl (C=O) groups is 1. The van der Waals surface area contributed by atoms with E-state index in [4.69, 9.17) is 0 Å². The van der Waals surface area contributed by atoms with E-state index in [1.165, 1.54) is 0 Å². The van der Waals surface area contributed by atoms with Crippen molar-refractivity contribution < 1.29 is 4.79 Å². The van der Waals surface area contributed by atoms with Crippen LogP contribution in [0.4, 0.5) is 5.69 Å². The van der Waals surface area contributed by atoms with E-state index >= 15 is 0 Å². The molecule has 1 N–H and O–H groups in total. The van der Waals surface area contributed by atoms with E-state index < -0.39 is 0 Å². The normalized spacial score (nSPS) is 10.5. The van der Waals surface area contributed by atoms with E-state index in [0.717, 1.165) is 30.6 Å². The van der Waals surface area contributed by atoms with Crippen LogP contribution in [0.15, 0.2) is 24.3 Å². The Kier molecular flexibility index (Phi) is 5.69. The largest absolute Gasteiger partial charge is 0.378 e. The van der Waals surface area contributed by atoms with E-state index in [1.807, 2.05) is 43.3 Å². The fraction of sp³-hybridized carbons (Fsp3) is 0.533. The molecule has 0 spiro atoms. The van der Waals surface area contributed by atoms with Crippen molar-refractivity contribution >= 4 is 11.6 Å². The standard InChI is InChI=1S/C15H24N2O/c1-5-12(6-2)11-16-15(18)13-7-9-14(10-8-13)17(3)4/h7-10,12H,5-6,11H2,1-4H3,(H,16,18). The zero-order chi connectivity index (χ0) is 13.5. The molecule has 1 aromatic carbocycles. The van der Waals surface area contributed by atoms with Gasteiger partial charge in [-0.3, -0.25) is 4.79 Å². The Morgan fingerprint density at radius 3 is 2.17 bits per heavy atom. The first-order chi connectivity index (χ1) is 8.58. The van der Waals surface area contributed by atoms with E-state index in [-0.39, 0.29) is 5.91 Å². The number of benzene rings is 1. The fourth-order valence-corrected chi connectivity index (χ4v) is 1.83. The Morgan fingerprint density at radius 2 is 1.72 bits per heavy atom. The number of rotatable bonds is 6. The van der Waals surface area contributed by atoms with Gasteiger partial charge >= 0.3 is 0 Å². The van der Waals surface area contributed by atoms with Gasteiger partial charge in [0.05, 0.1) is 0 Å². The first-order valence-electron chi connectivity index (χ1n) is 6.64. The Labute approximate surface area is 110 Å². The van der Waals surface area contributed by atoms with Gasteiger partial charge < -0.3 is 10.2 Å². The molecular formula is C15H24N2O. The van der Waals surface area contributed by atoms with E-state index in [9.17, 15) is 4.79 Å². The zero-order valence-electron chi connectivity index (χ0n) is 11.9. The average Bonchev–Trinajstić information content (AvgIpc) is 2.39. The number of hydrogen-bond acceptors (Lipinski definition) is 2. The predicted octanol–water partition coefficient (Wildman–Crippen LogP) is 2.92. The minimum absolute atomic E-state index is 0.0206. The van der Waals surface area contributed by atoms with Crippen molar-refractivity contribution in [3.63, 3.8) is 0 Å². The second-order valence-electron chi connectivity index (χ2n) is 4.83. The molecule has 1 aromatic rings. The molecule has 0 aliphatic carbocycles. The van der Waals surface area contributed by atoms with Crippen molar-refractivity contribution in [2.75, 3.05) is 25.5 Å². The van der Waals surface area contributed by atoms with Gasteiger partial charge in [0.2, 0.25) is 0 Å². The molecule has 0 aromatic heterocycles. The summed E-state index contributed by atoms with van der Waals surface area (Å²) in [6.45, 7) is 5.08. The molecule has 1 amide bonds. The Hall–Kier alpha value is -1.51. The molecule has 0 saturated heterocycles. The highest BCUT2D eigenvalue weighted by molar-refractivity contribution is 5.94. The van der Waals surface area contributed by atoms with Crippen LogP contribution >= 0.6 is 0 Å². The van der Waals surface area contributed by atoms with Crippen LogP contribution in [0.3, 0.4) is 0 Å². The molecule has 3 heteroatoms. The molecule has 0 aliphatic heterocycles. The SMILES string of the molecule is CCC(CC)CNC(=O)c1ccc(N(C)C)cc1. The smallest absolute Gasteiger partial charge is 0.251 e. The van der Waals surface area contributed by atoms with Crippen LogP contribution in [0.2, 0.25) is 0 Å².